The first kappa shape index (κ1) is 21.6. The summed E-state index contributed by atoms with van der Waals surface area (Å²) in [6, 6.07) is 0.990. The van der Waals surface area contributed by atoms with Crippen LogP contribution in [-0.4, -0.2) is 43.7 Å². The summed E-state index contributed by atoms with van der Waals surface area (Å²) in [5.74, 6) is 1.16. The maximum atomic E-state index is 10.8. The smallest absolute Gasteiger partial charge is 0.342 e. The molecule has 0 aromatic carbocycles. The first-order valence-electron chi connectivity index (χ1n) is 9.43. The van der Waals surface area contributed by atoms with Gasteiger partial charge >= 0.3 is 5.82 Å². The Hall–Kier alpha value is -2.74. The highest BCUT2D eigenvalue weighted by Crippen LogP contribution is 2.16. The molecule has 0 amide bonds. The van der Waals surface area contributed by atoms with Gasteiger partial charge in [-0.2, -0.15) is 0 Å². The summed E-state index contributed by atoms with van der Waals surface area (Å²) in [6.07, 6.45) is 11.5. The molecule has 8 heteroatoms. The molecule has 1 aliphatic rings. The molecule has 0 atom stereocenters. The van der Waals surface area contributed by atoms with Gasteiger partial charge in [0.2, 0.25) is 5.82 Å². The van der Waals surface area contributed by atoms with Gasteiger partial charge in [0, 0.05) is 37.0 Å². The van der Waals surface area contributed by atoms with Gasteiger partial charge in [-0.25, -0.2) is 9.55 Å². The SMILES string of the molecule is CC(C)N(CC=CN=C1C=CC(OCc2ncc([N+](=O)[O-])n2C)=CC1)C(C)C. The van der Waals surface area contributed by atoms with Crippen LogP contribution in [0.5, 0.6) is 0 Å². The molecule has 2 rings (SSSR count). The van der Waals surface area contributed by atoms with E-state index < -0.39 is 4.92 Å². The van der Waals surface area contributed by atoms with Crippen molar-refractivity contribution in [1.29, 1.82) is 0 Å². The molecule has 0 saturated heterocycles. The molecular formula is C20H29N5O3. The molecule has 0 aliphatic heterocycles. The van der Waals surface area contributed by atoms with Crippen molar-refractivity contribution in [3.8, 4) is 0 Å². The summed E-state index contributed by atoms with van der Waals surface area (Å²) in [4.78, 5) is 21.3. The number of aliphatic imine (C=N–C) groups is 1. The Morgan fingerprint density at radius 3 is 2.61 bits per heavy atom. The second-order valence-corrected chi connectivity index (χ2v) is 7.17. The van der Waals surface area contributed by atoms with Crippen LogP contribution < -0.4 is 0 Å². The van der Waals surface area contributed by atoms with Crippen molar-refractivity contribution < 1.29 is 9.66 Å². The number of nitrogens with zero attached hydrogens (tertiary/aromatic N) is 5. The zero-order valence-corrected chi connectivity index (χ0v) is 17.2. The predicted octanol–water partition coefficient (Wildman–Crippen LogP) is 3.76. The van der Waals surface area contributed by atoms with E-state index in [0.717, 1.165) is 12.3 Å². The summed E-state index contributed by atoms with van der Waals surface area (Å²) in [5.41, 5.74) is 0.955. The zero-order valence-electron chi connectivity index (χ0n) is 17.2. The van der Waals surface area contributed by atoms with Gasteiger partial charge in [-0.1, -0.05) is 6.08 Å². The lowest BCUT2D eigenvalue weighted by atomic mass is 10.1. The molecular weight excluding hydrogens is 358 g/mol. The van der Waals surface area contributed by atoms with E-state index in [1.54, 1.807) is 7.05 Å². The Morgan fingerprint density at radius 1 is 1.36 bits per heavy atom. The molecule has 1 heterocycles. The van der Waals surface area contributed by atoms with Gasteiger partial charge in [0.1, 0.15) is 12.0 Å². The fourth-order valence-electron chi connectivity index (χ4n) is 2.95. The van der Waals surface area contributed by atoms with E-state index in [9.17, 15) is 10.1 Å². The monoisotopic (exact) mass is 387 g/mol. The van der Waals surface area contributed by atoms with Crippen molar-refractivity contribution >= 4 is 11.5 Å². The first-order valence-corrected chi connectivity index (χ1v) is 9.43. The Morgan fingerprint density at radius 2 is 2.07 bits per heavy atom. The molecule has 0 N–H and O–H groups in total. The van der Waals surface area contributed by atoms with E-state index in [1.165, 1.54) is 10.8 Å². The number of rotatable bonds is 9. The van der Waals surface area contributed by atoms with Crippen LogP contribution in [0.15, 0.2) is 47.5 Å². The topological polar surface area (TPSA) is 85.8 Å². The van der Waals surface area contributed by atoms with Crippen molar-refractivity contribution in [2.45, 2.75) is 52.8 Å². The maximum Gasteiger partial charge on any atom is 0.342 e. The van der Waals surface area contributed by atoms with Gasteiger partial charge in [-0.15, -0.1) is 0 Å². The molecule has 152 valence electrons. The van der Waals surface area contributed by atoms with Crippen LogP contribution >= 0.6 is 0 Å². The zero-order chi connectivity index (χ0) is 20.7. The number of allylic oxidation sites excluding steroid dienone is 3. The van der Waals surface area contributed by atoms with Crippen molar-refractivity contribution in [2.24, 2.45) is 12.0 Å². The van der Waals surface area contributed by atoms with Crippen molar-refractivity contribution in [2.75, 3.05) is 6.54 Å². The summed E-state index contributed by atoms with van der Waals surface area (Å²) < 4.78 is 7.11. The minimum Gasteiger partial charge on any atom is -0.484 e. The molecule has 1 aromatic rings. The molecule has 0 spiro atoms. The Bertz CT molecular complexity index is 795. The molecule has 1 aliphatic carbocycles. The minimum absolute atomic E-state index is 0.0542. The number of imidazole rings is 1. The third-order valence-corrected chi connectivity index (χ3v) is 4.56. The molecule has 1 aromatic heterocycles. The third-order valence-electron chi connectivity index (χ3n) is 4.56. The lowest BCUT2D eigenvalue weighted by Crippen LogP contribution is -2.36. The largest absolute Gasteiger partial charge is 0.484 e. The second-order valence-electron chi connectivity index (χ2n) is 7.17. The standard InChI is InChI=1S/C20H29N5O3/c1-15(2)24(16(3)4)12-6-11-21-17-7-9-18(10-8-17)28-14-19-22-13-20(23(19)5)25(26)27/h6-7,9-11,13,15-16H,8,12,14H2,1-5H3. The number of nitro groups is 1. The van der Waals surface area contributed by atoms with Crippen molar-refractivity contribution in [3.05, 3.63) is 58.4 Å². The van der Waals surface area contributed by atoms with Crippen LogP contribution in [-0.2, 0) is 18.4 Å². The number of hydrogen-bond donors (Lipinski definition) is 0. The van der Waals surface area contributed by atoms with Gasteiger partial charge < -0.3 is 14.9 Å². The quantitative estimate of drug-likeness (QED) is 0.476. The van der Waals surface area contributed by atoms with Crippen molar-refractivity contribution in [3.63, 3.8) is 0 Å². The molecule has 0 radical (unpaired) electrons. The fourth-order valence-corrected chi connectivity index (χ4v) is 2.95. The van der Waals surface area contributed by atoms with Gasteiger partial charge in [-0.3, -0.25) is 9.89 Å². The molecule has 0 saturated carbocycles. The highest BCUT2D eigenvalue weighted by molar-refractivity contribution is 5.97. The van der Waals surface area contributed by atoms with Crippen LogP contribution in [0.2, 0.25) is 0 Å². The van der Waals surface area contributed by atoms with Crippen LogP contribution in [0.1, 0.15) is 39.9 Å². The van der Waals surface area contributed by atoms with Gasteiger partial charge in [0.25, 0.3) is 0 Å². The molecule has 0 unspecified atom stereocenters. The third kappa shape index (κ3) is 5.88. The lowest BCUT2D eigenvalue weighted by molar-refractivity contribution is -0.391. The van der Waals surface area contributed by atoms with E-state index in [0.29, 0.717) is 30.1 Å². The highest BCUT2D eigenvalue weighted by Gasteiger charge is 2.17. The second kappa shape index (κ2) is 9.98. The Balaban J connectivity index is 1.84. The summed E-state index contributed by atoms with van der Waals surface area (Å²) in [7, 11) is 1.60. The summed E-state index contributed by atoms with van der Waals surface area (Å²) in [6.45, 7) is 9.82. The number of aromatic nitrogens is 2. The van der Waals surface area contributed by atoms with E-state index in [2.05, 4.69) is 48.6 Å². The van der Waals surface area contributed by atoms with E-state index in [4.69, 9.17) is 4.74 Å². The van der Waals surface area contributed by atoms with Crippen LogP contribution in [0.4, 0.5) is 5.82 Å². The van der Waals surface area contributed by atoms with E-state index >= 15 is 0 Å². The molecule has 0 bridgehead atoms. The first-order chi connectivity index (χ1) is 13.3. The van der Waals surface area contributed by atoms with Gasteiger partial charge in [-0.05, 0) is 50.8 Å². The number of ether oxygens (including phenoxy) is 1. The van der Waals surface area contributed by atoms with Crippen LogP contribution in [0.25, 0.3) is 0 Å². The van der Waals surface area contributed by atoms with Gasteiger partial charge in [0.15, 0.2) is 6.61 Å². The lowest BCUT2D eigenvalue weighted by Gasteiger charge is -2.28. The minimum atomic E-state index is -0.464. The molecule has 28 heavy (non-hydrogen) atoms. The average molecular weight is 387 g/mol. The Kier molecular flexibility index (Phi) is 7.69. The maximum absolute atomic E-state index is 10.8. The molecule has 8 nitrogen and oxygen atoms in total. The normalized spacial score (nSPS) is 16.0. The van der Waals surface area contributed by atoms with E-state index in [-0.39, 0.29) is 12.4 Å². The van der Waals surface area contributed by atoms with Crippen molar-refractivity contribution in [1.82, 2.24) is 14.5 Å². The fraction of sp³-hybridized carbons (Fsp3) is 0.500. The van der Waals surface area contributed by atoms with Gasteiger partial charge in [0.05, 0.1) is 7.05 Å². The van der Waals surface area contributed by atoms with Crippen LogP contribution in [0.3, 0.4) is 0 Å². The molecule has 0 fully saturated rings. The van der Waals surface area contributed by atoms with Crippen LogP contribution in [0, 0.1) is 10.1 Å². The summed E-state index contributed by atoms with van der Waals surface area (Å²) in [5, 5.41) is 10.8. The highest BCUT2D eigenvalue weighted by atomic mass is 16.6. The average Bonchev–Trinajstić information content (AvgIpc) is 3.01. The number of hydrogen-bond acceptors (Lipinski definition) is 6. The predicted molar refractivity (Wildman–Crippen MR) is 110 cm³/mol. The van der Waals surface area contributed by atoms with E-state index in [1.807, 2.05) is 24.4 Å². The Labute approximate surface area is 166 Å². The summed E-state index contributed by atoms with van der Waals surface area (Å²) >= 11 is 0.